The first-order chi connectivity index (χ1) is 12.8. The van der Waals surface area contributed by atoms with E-state index in [0.717, 1.165) is 36.7 Å². The van der Waals surface area contributed by atoms with Crippen molar-refractivity contribution in [1.82, 2.24) is 24.6 Å². The summed E-state index contributed by atoms with van der Waals surface area (Å²) in [5.74, 6) is 2.46. The van der Waals surface area contributed by atoms with E-state index < -0.39 is 0 Å². The van der Waals surface area contributed by atoms with Crippen molar-refractivity contribution in [2.45, 2.75) is 31.7 Å². The molecule has 0 bridgehead atoms. The molecule has 5 heteroatoms. The predicted octanol–water partition coefficient (Wildman–Crippen LogP) is 3.12. The molecule has 3 aromatic rings. The molecule has 1 aromatic carbocycles. The third-order valence-electron chi connectivity index (χ3n) is 4.99. The molecule has 1 fully saturated rings. The van der Waals surface area contributed by atoms with Crippen LogP contribution in [-0.2, 0) is 13.0 Å². The molecule has 0 N–H and O–H groups in total. The van der Waals surface area contributed by atoms with Crippen LogP contribution in [0.25, 0.3) is 0 Å². The van der Waals surface area contributed by atoms with Gasteiger partial charge in [0.15, 0.2) is 5.82 Å². The Balaban J connectivity index is 1.63. The average molecular weight is 347 g/mol. The van der Waals surface area contributed by atoms with Gasteiger partial charge in [0.2, 0.25) is 0 Å². The molecule has 4 rings (SSSR count). The van der Waals surface area contributed by atoms with Crippen LogP contribution in [0.2, 0.25) is 0 Å². The third kappa shape index (κ3) is 3.99. The Morgan fingerprint density at radius 1 is 1.08 bits per heavy atom. The number of pyridine rings is 1. The van der Waals surface area contributed by atoms with E-state index in [1.165, 1.54) is 24.9 Å². The molecule has 0 unspecified atom stereocenters. The number of aromatic nitrogens is 4. The van der Waals surface area contributed by atoms with Crippen LogP contribution in [0.15, 0.2) is 54.9 Å². The molecule has 5 nitrogen and oxygen atoms in total. The zero-order chi connectivity index (χ0) is 17.8. The topological polar surface area (TPSA) is 46.8 Å². The number of benzene rings is 1. The molecule has 0 radical (unpaired) electrons. The van der Waals surface area contributed by atoms with Crippen LogP contribution in [0.3, 0.4) is 0 Å². The number of nitrogens with zero attached hydrogens (tertiary/aromatic N) is 5. The lowest BCUT2D eigenvalue weighted by molar-refractivity contribution is 0.242. The summed E-state index contributed by atoms with van der Waals surface area (Å²) in [6.07, 6.45) is 6.83. The molecule has 26 heavy (non-hydrogen) atoms. The largest absolute Gasteiger partial charge is 0.306 e. The van der Waals surface area contributed by atoms with Crippen LogP contribution in [-0.4, -0.2) is 44.8 Å². The van der Waals surface area contributed by atoms with Crippen LogP contribution in [0.5, 0.6) is 0 Å². The van der Waals surface area contributed by atoms with E-state index in [9.17, 15) is 0 Å². The highest BCUT2D eigenvalue weighted by Crippen LogP contribution is 2.26. The molecule has 0 spiro atoms. The van der Waals surface area contributed by atoms with Crippen molar-refractivity contribution in [3.8, 4) is 0 Å². The highest BCUT2D eigenvalue weighted by atomic mass is 15.4. The summed E-state index contributed by atoms with van der Waals surface area (Å²) in [6, 6.07) is 14.6. The van der Waals surface area contributed by atoms with E-state index >= 15 is 0 Å². The van der Waals surface area contributed by atoms with Gasteiger partial charge in [-0.25, -0.2) is 9.67 Å². The summed E-state index contributed by atoms with van der Waals surface area (Å²) in [4.78, 5) is 11.6. The summed E-state index contributed by atoms with van der Waals surface area (Å²) in [6.45, 7) is 3.00. The molecule has 2 aromatic heterocycles. The van der Waals surface area contributed by atoms with Gasteiger partial charge in [-0.1, -0.05) is 36.4 Å². The van der Waals surface area contributed by atoms with Gasteiger partial charge in [-0.3, -0.25) is 4.98 Å². The van der Waals surface area contributed by atoms with Crippen molar-refractivity contribution in [1.29, 1.82) is 0 Å². The molecule has 1 atom stereocenters. The molecule has 3 heterocycles. The minimum Gasteiger partial charge on any atom is -0.306 e. The Labute approximate surface area is 154 Å². The van der Waals surface area contributed by atoms with Crippen molar-refractivity contribution < 1.29 is 0 Å². The van der Waals surface area contributed by atoms with E-state index in [2.05, 4.69) is 58.0 Å². The maximum atomic E-state index is 4.96. The van der Waals surface area contributed by atoms with Crippen molar-refractivity contribution >= 4 is 0 Å². The second kappa shape index (κ2) is 7.79. The number of hydrogen-bond donors (Lipinski definition) is 0. The Morgan fingerprint density at radius 2 is 1.92 bits per heavy atom. The molecule has 1 aliphatic heterocycles. The van der Waals surface area contributed by atoms with Crippen LogP contribution < -0.4 is 0 Å². The number of hydrogen-bond acceptors (Lipinski definition) is 4. The van der Waals surface area contributed by atoms with Crippen molar-refractivity contribution in [3.05, 3.63) is 77.6 Å². The first-order valence-electron chi connectivity index (χ1n) is 9.33. The Hall–Kier alpha value is -2.53. The van der Waals surface area contributed by atoms with Crippen molar-refractivity contribution in [3.63, 3.8) is 0 Å². The van der Waals surface area contributed by atoms with Gasteiger partial charge in [0.1, 0.15) is 5.82 Å². The monoisotopic (exact) mass is 347 g/mol. The summed E-state index contributed by atoms with van der Waals surface area (Å²) in [7, 11) is 2.20. The second-order valence-corrected chi connectivity index (χ2v) is 7.17. The lowest BCUT2D eigenvalue weighted by atomic mass is 9.97. The number of piperidine rings is 1. The van der Waals surface area contributed by atoms with Gasteiger partial charge in [0.25, 0.3) is 0 Å². The normalized spacial score (nSPS) is 18.1. The SMILES string of the molecule is CN1CCC[C@H](c2nc(Cc3cccnc3)nn2Cc2ccccc2)C1. The van der Waals surface area contributed by atoms with E-state index in [1.807, 2.05) is 12.3 Å². The van der Waals surface area contributed by atoms with Crippen molar-refractivity contribution in [2.24, 2.45) is 0 Å². The summed E-state index contributed by atoms with van der Waals surface area (Å²) in [5.41, 5.74) is 2.41. The first-order valence-corrected chi connectivity index (χ1v) is 9.33. The van der Waals surface area contributed by atoms with E-state index in [4.69, 9.17) is 10.1 Å². The Morgan fingerprint density at radius 3 is 2.69 bits per heavy atom. The van der Waals surface area contributed by atoms with Crippen LogP contribution in [0.4, 0.5) is 0 Å². The zero-order valence-corrected chi connectivity index (χ0v) is 15.3. The number of likely N-dealkylation sites (N-methyl/N-ethyl adjacent to an activating group) is 1. The van der Waals surface area contributed by atoms with Crippen molar-refractivity contribution in [2.75, 3.05) is 20.1 Å². The number of likely N-dealkylation sites (tertiary alicyclic amines) is 1. The maximum absolute atomic E-state index is 4.96. The van der Waals surface area contributed by atoms with Crippen LogP contribution in [0, 0.1) is 0 Å². The fourth-order valence-electron chi connectivity index (χ4n) is 3.71. The average Bonchev–Trinajstić information content (AvgIpc) is 3.05. The number of rotatable bonds is 5. The van der Waals surface area contributed by atoms with Gasteiger partial charge >= 0.3 is 0 Å². The lowest BCUT2D eigenvalue weighted by Crippen LogP contribution is -2.32. The summed E-state index contributed by atoms with van der Waals surface area (Å²) >= 11 is 0. The molecular weight excluding hydrogens is 322 g/mol. The smallest absolute Gasteiger partial charge is 0.155 e. The predicted molar refractivity (Wildman–Crippen MR) is 102 cm³/mol. The summed E-state index contributed by atoms with van der Waals surface area (Å²) < 4.78 is 2.12. The minimum atomic E-state index is 0.451. The van der Waals surface area contributed by atoms with E-state index in [0.29, 0.717) is 5.92 Å². The summed E-state index contributed by atoms with van der Waals surface area (Å²) in [5, 5.41) is 4.86. The molecular formula is C21H25N5. The van der Waals surface area contributed by atoms with Gasteiger partial charge in [0, 0.05) is 31.3 Å². The van der Waals surface area contributed by atoms with Gasteiger partial charge < -0.3 is 4.90 Å². The van der Waals surface area contributed by atoms with Gasteiger partial charge in [-0.05, 0) is 43.6 Å². The van der Waals surface area contributed by atoms with E-state index in [1.54, 1.807) is 6.20 Å². The Bertz CT molecular complexity index is 828. The van der Waals surface area contributed by atoms with Crippen LogP contribution in [0.1, 0.15) is 41.5 Å². The molecule has 0 amide bonds. The highest BCUT2D eigenvalue weighted by Gasteiger charge is 2.25. The van der Waals surface area contributed by atoms with E-state index in [-0.39, 0.29) is 0 Å². The lowest BCUT2D eigenvalue weighted by Gasteiger charge is -2.29. The standard InChI is InChI=1S/C21H25N5/c1-25-12-6-10-19(16-25)21-23-20(13-18-9-5-11-22-14-18)24-26(21)15-17-7-3-2-4-8-17/h2-5,7-9,11,14,19H,6,10,12-13,15-16H2,1H3/t19-/m0/s1. The molecule has 1 aliphatic rings. The third-order valence-corrected chi connectivity index (χ3v) is 4.99. The van der Waals surface area contributed by atoms with Crippen LogP contribution >= 0.6 is 0 Å². The van der Waals surface area contributed by atoms with Gasteiger partial charge in [-0.15, -0.1) is 0 Å². The first kappa shape index (κ1) is 16.9. The maximum Gasteiger partial charge on any atom is 0.155 e. The fraction of sp³-hybridized carbons (Fsp3) is 0.381. The highest BCUT2D eigenvalue weighted by molar-refractivity contribution is 5.18. The van der Waals surface area contributed by atoms with Gasteiger partial charge in [-0.2, -0.15) is 5.10 Å². The second-order valence-electron chi connectivity index (χ2n) is 7.17. The quantitative estimate of drug-likeness (QED) is 0.711. The van der Waals surface area contributed by atoms with Gasteiger partial charge in [0.05, 0.1) is 6.54 Å². The molecule has 1 saturated heterocycles. The fourth-order valence-corrected chi connectivity index (χ4v) is 3.71. The molecule has 134 valence electrons. The molecule has 0 saturated carbocycles. The Kier molecular flexibility index (Phi) is 5.07. The minimum absolute atomic E-state index is 0.451. The zero-order valence-electron chi connectivity index (χ0n) is 15.3. The molecule has 0 aliphatic carbocycles.